The Bertz CT molecular complexity index is 1330. The van der Waals surface area contributed by atoms with Crippen LogP contribution in [0.4, 0.5) is 0 Å². The Hall–Kier alpha value is -1.25. The maximum Gasteiger partial charge on any atom is 0.305 e. The van der Waals surface area contributed by atoms with Gasteiger partial charge in [0.2, 0.25) is 0 Å². The standard InChI is InChI=1S/C53H92O7/c1-8-10-11-12-13-14-15-16-17-18-19-20-21-22-23-24-47(54)58-36-46-48(55)49(56)50(57)51(60-46)59-41-31-33-52(6)40(35-41)27-28-42-44-30-29-43(53(44,7)34-32-45(42)52)38(5)25-26-39(9-2)37(3)4/h16-17,27,37-39,41-46,48-51,55-57H,8-15,18-26,28-36H2,1-7H3/b17-16-/t38-,39-,41+,42+,43-,44+,45+,46-,48-,49+,50-,51-,52+,53-/m1/s1. The number of hydrogen-bond acceptors (Lipinski definition) is 7. The second-order valence-electron chi connectivity index (χ2n) is 21.5. The van der Waals surface area contributed by atoms with Crippen LogP contribution in [0, 0.1) is 52.3 Å². The van der Waals surface area contributed by atoms with Gasteiger partial charge in [0, 0.05) is 6.42 Å². The van der Waals surface area contributed by atoms with E-state index >= 15 is 0 Å². The Morgan fingerprint density at radius 1 is 0.817 bits per heavy atom. The van der Waals surface area contributed by atoms with Crippen LogP contribution in [0.3, 0.4) is 0 Å². The first-order chi connectivity index (χ1) is 28.8. The van der Waals surface area contributed by atoms with Gasteiger partial charge < -0.3 is 29.5 Å². The van der Waals surface area contributed by atoms with Crippen LogP contribution in [0.15, 0.2) is 23.8 Å². The average Bonchev–Trinajstić information content (AvgIpc) is 3.59. The first-order valence-electron chi connectivity index (χ1n) is 25.7. The van der Waals surface area contributed by atoms with Crippen molar-refractivity contribution in [1.82, 2.24) is 0 Å². The van der Waals surface area contributed by atoms with Crippen molar-refractivity contribution in [3.63, 3.8) is 0 Å². The van der Waals surface area contributed by atoms with Crippen molar-refractivity contribution in [3.8, 4) is 0 Å². The van der Waals surface area contributed by atoms with Crippen LogP contribution in [-0.4, -0.2) is 64.7 Å². The lowest BCUT2D eigenvalue weighted by atomic mass is 9.47. The van der Waals surface area contributed by atoms with E-state index < -0.39 is 30.7 Å². The largest absolute Gasteiger partial charge is 0.463 e. The number of rotatable bonds is 25. The molecule has 1 saturated heterocycles. The van der Waals surface area contributed by atoms with Crippen molar-refractivity contribution < 1.29 is 34.3 Å². The fourth-order valence-electron chi connectivity index (χ4n) is 13.3. The van der Waals surface area contributed by atoms with Gasteiger partial charge in [-0.05, 0) is 142 Å². The molecule has 7 nitrogen and oxygen atoms in total. The zero-order chi connectivity index (χ0) is 43.3. The lowest BCUT2D eigenvalue weighted by molar-refractivity contribution is -0.313. The van der Waals surface area contributed by atoms with E-state index in [-0.39, 0.29) is 24.1 Å². The zero-order valence-electron chi connectivity index (χ0n) is 39.6. The summed E-state index contributed by atoms with van der Waals surface area (Å²) in [5.74, 6) is 5.21. The highest BCUT2D eigenvalue weighted by atomic mass is 16.7. The summed E-state index contributed by atoms with van der Waals surface area (Å²) in [5.41, 5.74) is 2.12. The summed E-state index contributed by atoms with van der Waals surface area (Å²) >= 11 is 0. The number of unbranched alkanes of at least 4 members (excludes halogenated alkanes) is 11. The number of carbonyl (C=O) groups is 1. The number of aliphatic hydroxyl groups excluding tert-OH is 3. The topological polar surface area (TPSA) is 105 Å². The third-order valence-electron chi connectivity index (χ3n) is 17.3. The molecule has 7 heteroatoms. The SMILES string of the molecule is CCCCCCCC/C=C\CCCCCCCC(=O)OC[C@H]1O[C@@H](O[C@H]2CC[C@@]3(C)C(=CC[C@H]4[C@@H]5CC[C@H]([C@H](C)CC[C@@H](CC)C(C)C)[C@@]5(C)CC[C@@H]43)C2)[C@H](O)[C@@H](O)[C@@H]1O. The van der Waals surface area contributed by atoms with Crippen molar-refractivity contribution in [2.24, 2.45) is 52.3 Å². The maximum atomic E-state index is 12.6. The van der Waals surface area contributed by atoms with Gasteiger partial charge in [-0.3, -0.25) is 4.79 Å². The van der Waals surface area contributed by atoms with Crippen molar-refractivity contribution in [1.29, 1.82) is 0 Å². The molecule has 60 heavy (non-hydrogen) atoms. The van der Waals surface area contributed by atoms with Gasteiger partial charge >= 0.3 is 5.97 Å². The highest BCUT2D eigenvalue weighted by molar-refractivity contribution is 5.69. The Labute approximate surface area is 367 Å². The van der Waals surface area contributed by atoms with E-state index in [2.05, 4.69) is 66.7 Å². The maximum absolute atomic E-state index is 12.6. The molecule has 3 saturated carbocycles. The van der Waals surface area contributed by atoms with Gasteiger partial charge in [0.15, 0.2) is 6.29 Å². The predicted molar refractivity (Wildman–Crippen MR) is 244 cm³/mol. The summed E-state index contributed by atoms with van der Waals surface area (Å²) in [6.07, 6.45) is 30.1. The lowest BCUT2D eigenvalue weighted by Gasteiger charge is -2.58. The molecule has 0 aromatic carbocycles. The number of ether oxygens (including phenoxy) is 3. The van der Waals surface area contributed by atoms with Crippen LogP contribution in [0.1, 0.15) is 209 Å². The number of esters is 1. The first-order valence-corrected chi connectivity index (χ1v) is 25.7. The number of aliphatic hydroxyl groups is 3. The summed E-state index contributed by atoms with van der Waals surface area (Å²) in [6, 6.07) is 0. The molecular formula is C53H92O7. The molecule has 5 aliphatic rings. The van der Waals surface area contributed by atoms with Crippen LogP contribution < -0.4 is 0 Å². The zero-order valence-corrected chi connectivity index (χ0v) is 39.6. The average molecular weight is 841 g/mol. The van der Waals surface area contributed by atoms with Gasteiger partial charge in [-0.1, -0.05) is 136 Å². The minimum Gasteiger partial charge on any atom is -0.463 e. The Morgan fingerprint density at radius 3 is 2.18 bits per heavy atom. The molecular weight excluding hydrogens is 749 g/mol. The molecule has 3 N–H and O–H groups in total. The van der Waals surface area contributed by atoms with Crippen LogP contribution in [0.5, 0.6) is 0 Å². The third-order valence-corrected chi connectivity index (χ3v) is 17.3. The molecule has 5 rings (SSSR count). The molecule has 0 spiro atoms. The quantitative estimate of drug-likeness (QED) is 0.0477. The summed E-state index contributed by atoms with van der Waals surface area (Å²) in [5, 5.41) is 32.5. The molecule has 1 aliphatic heterocycles. The molecule has 4 aliphatic carbocycles. The number of hydrogen-bond donors (Lipinski definition) is 3. The molecule has 0 bridgehead atoms. The smallest absolute Gasteiger partial charge is 0.305 e. The molecule has 0 aromatic heterocycles. The van der Waals surface area contributed by atoms with Gasteiger partial charge in [0.1, 0.15) is 31.0 Å². The van der Waals surface area contributed by atoms with Gasteiger partial charge in [0.25, 0.3) is 0 Å². The van der Waals surface area contributed by atoms with E-state index in [0.717, 1.165) is 93.3 Å². The molecule has 0 unspecified atom stereocenters. The first kappa shape index (κ1) is 49.8. The van der Waals surface area contributed by atoms with Crippen LogP contribution in [0.2, 0.25) is 0 Å². The minimum absolute atomic E-state index is 0.143. The van der Waals surface area contributed by atoms with E-state index in [1.807, 2.05) is 0 Å². The van der Waals surface area contributed by atoms with Crippen molar-refractivity contribution in [3.05, 3.63) is 23.8 Å². The monoisotopic (exact) mass is 841 g/mol. The summed E-state index contributed by atoms with van der Waals surface area (Å²) in [7, 11) is 0. The third kappa shape index (κ3) is 12.7. The van der Waals surface area contributed by atoms with E-state index in [0.29, 0.717) is 17.8 Å². The summed E-state index contributed by atoms with van der Waals surface area (Å²) < 4.78 is 18.0. The number of fused-ring (bicyclic) bond motifs is 5. The van der Waals surface area contributed by atoms with E-state index in [9.17, 15) is 20.1 Å². The molecule has 0 aromatic rings. The van der Waals surface area contributed by atoms with E-state index in [4.69, 9.17) is 14.2 Å². The highest BCUT2D eigenvalue weighted by Gasteiger charge is 2.59. The van der Waals surface area contributed by atoms with Crippen LogP contribution in [-0.2, 0) is 19.0 Å². The van der Waals surface area contributed by atoms with Crippen LogP contribution >= 0.6 is 0 Å². The van der Waals surface area contributed by atoms with Crippen molar-refractivity contribution in [2.75, 3.05) is 6.61 Å². The Kier molecular flexibility index (Phi) is 20.0. The highest BCUT2D eigenvalue weighted by Crippen LogP contribution is 2.67. The summed E-state index contributed by atoms with van der Waals surface area (Å²) in [6.45, 7) is 17.0. The van der Waals surface area contributed by atoms with Crippen molar-refractivity contribution in [2.45, 2.75) is 246 Å². The molecule has 0 amide bonds. The number of carbonyl (C=O) groups excluding carboxylic acids is 1. The molecule has 4 fully saturated rings. The van der Waals surface area contributed by atoms with Crippen molar-refractivity contribution >= 4 is 5.97 Å². The van der Waals surface area contributed by atoms with Gasteiger partial charge in [-0.25, -0.2) is 0 Å². The minimum atomic E-state index is -1.45. The van der Waals surface area contributed by atoms with Gasteiger partial charge in [-0.15, -0.1) is 0 Å². The van der Waals surface area contributed by atoms with E-state index in [1.165, 1.54) is 102 Å². The predicted octanol–water partition coefficient (Wildman–Crippen LogP) is 12.4. The molecule has 346 valence electrons. The lowest BCUT2D eigenvalue weighted by Crippen LogP contribution is -2.60. The fraction of sp³-hybridized carbons (Fsp3) is 0.906. The fourth-order valence-corrected chi connectivity index (χ4v) is 13.3. The summed E-state index contributed by atoms with van der Waals surface area (Å²) in [4.78, 5) is 12.6. The van der Waals surface area contributed by atoms with Gasteiger partial charge in [-0.2, -0.15) is 0 Å². The van der Waals surface area contributed by atoms with Gasteiger partial charge in [0.05, 0.1) is 6.10 Å². The Balaban J connectivity index is 1.02. The van der Waals surface area contributed by atoms with Crippen LogP contribution in [0.25, 0.3) is 0 Å². The molecule has 1 heterocycles. The number of allylic oxidation sites excluding steroid dienone is 3. The molecule has 14 atom stereocenters. The van der Waals surface area contributed by atoms with E-state index in [1.54, 1.807) is 0 Å². The Morgan fingerprint density at radius 2 is 1.50 bits per heavy atom. The normalized spacial score (nSPS) is 36.4. The molecule has 0 radical (unpaired) electrons. The second-order valence-corrected chi connectivity index (χ2v) is 21.5. The second kappa shape index (κ2) is 24.2.